The average Bonchev–Trinajstić information content (AvgIpc) is 2.21. The van der Waals surface area contributed by atoms with E-state index in [1.54, 1.807) is 7.11 Å². The minimum atomic E-state index is 0.724. The second-order valence-corrected chi connectivity index (χ2v) is 3.95. The Kier molecular flexibility index (Phi) is 6.15. The van der Waals surface area contributed by atoms with Crippen molar-refractivity contribution in [2.45, 2.75) is 19.8 Å². The van der Waals surface area contributed by atoms with Crippen molar-refractivity contribution >= 4 is 0 Å². The Morgan fingerprint density at radius 2 is 2.21 bits per heavy atom. The van der Waals surface area contributed by atoms with E-state index in [4.69, 9.17) is 9.47 Å². The van der Waals surface area contributed by atoms with Crippen LogP contribution in [0.15, 0.2) is 0 Å². The lowest BCUT2D eigenvalue weighted by molar-refractivity contribution is 0.0716. The first kappa shape index (κ1) is 12.0. The Morgan fingerprint density at radius 1 is 1.36 bits per heavy atom. The predicted octanol–water partition coefficient (Wildman–Crippen LogP) is 1.29. The molecule has 1 aliphatic rings. The highest BCUT2D eigenvalue weighted by Crippen LogP contribution is 2.22. The summed E-state index contributed by atoms with van der Waals surface area (Å²) in [5, 5.41) is 3.44. The second kappa shape index (κ2) is 7.21. The van der Waals surface area contributed by atoms with Crippen molar-refractivity contribution in [3.63, 3.8) is 0 Å². The van der Waals surface area contributed by atoms with Crippen LogP contribution < -0.4 is 5.32 Å². The van der Waals surface area contributed by atoms with Gasteiger partial charge >= 0.3 is 0 Å². The van der Waals surface area contributed by atoms with Gasteiger partial charge in [0.1, 0.15) is 0 Å². The summed E-state index contributed by atoms with van der Waals surface area (Å²) in [5.74, 6) is 1.46. The van der Waals surface area contributed by atoms with Gasteiger partial charge < -0.3 is 14.8 Å². The van der Waals surface area contributed by atoms with E-state index in [9.17, 15) is 0 Å². The van der Waals surface area contributed by atoms with Crippen LogP contribution in [0.1, 0.15) is 19.8 Å². The first-order valence-electron chi connectivity index (χ1n) is 5.65. The van der Waals surface area contributed by atoms with Crippen LogP contribution >= 0.6 is 0 Å². The van der Waals surface area contributed by atoms with Gasteiger partial charge in [0.15, 0.2) is 0 Å². The van der Waals surface area contributed by atoms with Crippen LogP contribution in [0.25, 0.3) is 0 Å². The minimum absolute atomic E-state index is 0.724. The molecule has 1 heterocycles. The van der Waals surface area contributed by atoms with Gasteiger partial charge in [-0.1, -0.05) is 0 Å². The molecule has 1 fully saturated rings. The van der Waals surface area contributed by atoms with E-state index in [1.807, 2.05) is 6.92 Å². The van der Waals surface area contributed by atoms with E-state index >= 15 is 0 Å². The van der Waals surface area contributed by atoms with E-state index in [1.165, 1.54) is 6.42 Å². The van der Waals surface area contributed by atoms with Crippen molar-refractivity contribution in [2.75, 3.05) is 40.0 Å². The fourth-order valence-electron chi connectivity index (χ4n) is 2.13. The number of nitrogens with one attached hydrogen (secondary N) is 1. The van der Waals surface area contributed by atoms with Crippen molar-refractivity contribution in [2.24, 2.45) is 11.8 Å². The zero-order chi connectivity index (χ0) is 10.2. The number of hydrogen-bond acceptors (Lipinski definition) is 3. The predicted molar refractivity (Wildman–Crippen MR) is 57.5 cm³/mol. The van der Waals surface area contributed by atoms with E-state index < -0.39 is 0 Å². The number of methoxy groups -OCH3 is 1. The molecule has 14 heavy (non-hydrogen) atoms. The van der Waals surface area contributed by atoms with Crippen molar-refractivity contribution in [1.29, 1.82) is 0 Å². The van der Waals surface area contributed by atoms with Crippen molar-refractivity contribution in [3.8, 4) is 0 Å². The maximum atomic E-state index is 5.39. The maximum Gasteiger partial charge on any atom is 0.0494 e. The summed E-state index contributed by atoms with van der Waals surface area (Å²) >= 11 is 0. The van der Waals surface area contributed by atoms with Crippen LogP contribution in [0, 0.1) is 11.8 Å². The third kappa shape index (κ3) is 3.95. The lowest BCUT2D eigenvalue weighted by Crippen LogP contribution is -2.39. The molecule has 0 aliphatic carbocycles. The van der Waals surface area contributed by atoms with Crippen LogP contribution in [0.3, 0.4) is 0 Å². The Morgan fingerprint density at radius 3 is 2.93 bits per heavy atom. The molecule has 0 radical (unpaired) electrons. The molecule has 2 atom stereocenters. The summed E-state index contributed by atoms with van der Waals surface area (Å²) in [6, 6.07) is 0. The molecule has 0 aromatic heterocycles. The highest BCUT2D eigenvalue weighted by Gasteiger charge is 2.24. The Balaban J connectivity index is 2.22. The molecule has 2 unspecified atom stereocenters. The maximum absolute atomic E-state index is 5.39. The molecule has 0 bridgehead atoms. The smallest absolute Gasteiger partial charge is 0.0494 e. The molecule has 1 rings (SSSR count). The fraction of sp³-hybridized carbons (Fsp3) is 1.00. The van der Waals surface area contributed by atoms with Gasteiger partial charge in [-0.2, -0.15) is 0 Å². The van der Waals surface area contributed by atoms with E-state index in [0.29, 0.717) is 0 Å². The van der Waals surface area contributed by atoms with Crippen LogP contribution in [-0.2, 0) is 9.47 Å². The van der Waals surface area contributed by atoms with Crippen molar-refractivity contribution in [1.82, 2.24) is 5.32 Å². The zero-order valence-corrected chi connectivity index (χ0v) is 9.42. The molecule has 1 N–H and O–H groups in total. The monoisotopic (exact) mass is 201 g/mol. The quantitative estimate of drug-likeness (QED) is 0.657. The number of hydrogen-bond donors (Lipinski definition) is 1. The topological polar surface area (TPSA) is 30.5 Å². The molecular formula is C11H23NO2. The van der Waals surface area contributed by atoms with Crippen LogP contribution in [-0.4, -0.2) is 40.0 Å². The molecular weight excluding hydrogens is 178 g/mol. The van der Waals surface area contributed by atoms with Gasteiger partial charge in [-0.3, -0.25) is 0 Å². The molecule has 0 saturated carbocycles. The molecule has 0 aromatic rings. The summed E-state index contributed by atoms with van der Waals surface area (Å²) in [5.41, 5.74) is 0. The van der Waals surface area contributed by atoms with Gasteiger partial charge in [0.2, 0.25) is 0 Å². The molecule has 1 aliphatic heterocycles. The Labute approximate surface area is 87.2 Å². The highest BCUT2D eigenvalue weighted by atomic mass is 16.5. The normalized spacial score (nSPS) is 27.9. The molecule has 0 amide bonds. The summed E-state index contributed by atoms with van der Waals surface area (Å²) in [7, 11) is 1.79. The first-order valence-corrected chi connectivity index (χ1v) is 5.65. The molecule has 1 saturated heterocycles. The molecule has 3 heteroatoms. The lowest BCUT2D eigenvalue weighted by Gasteiger charge is -2.31. The second-order valence-electron chi connectivity index (χ2n) is 3.95. The van der Waals surface area contributed by atoms with Crippen molar-refractivity contribution < 1.29 is 9.47 Å². The lowest BCUT2D eigenvalue weighted by atomic mass is 9.85. The summed E-state index contributed by atoms with van der Waals surface area (Å²) in [4.78, 5) is 0. The number of piperidine rings is 1. The van der Waals surface area contributed by atoms with Gasteiger partial charge in [-0.05, 0) is 44.7 Å². The average molecular weight is 201 g/mol. The third-order valence-corrected chi connectivity index (χ3v) is 2.98. The molecule has 3 nitrogen and oxygen atoms in total. The van der Waals surface area contributed by atoms with Crippen LogP contribution in [0.4, 0.5) is 0 Å². The van der Waals surface area contributed by atoms with Gasteiger partial charge in [0, 0.05) is 26.9 Å². The van der Waals surface area contributed by atoms with Gasteiger partial charge in [0.25, 0.3) is 0 Å². The van der Waals surface area contributed by atoms with E-state index in [2.05, 4.69) is 5.32 Å². The van der Waals surface area contributed by atoms with E-state index in [0.717, 1.165) is 51.2 Å². The Hall–Kier alpha value is -0.120. The van der Waals surface area contributed by atoms with Crippen molar-refractivity contribution in [3.05, 3.63) is 0 Å². The van der Waals surface area contributed by atoms with E-state index in [-0.39, 0.29) is 0 Å². The summed E-state index contributed by atoms with van der Waals surface area (Å²) in [6.07, 6.45) is 2.40. The first-order chi connectivity index (χ1) is 6.88. The number of ether oxygens (including phenoxy) is 2. The zero-order valence-electron chi connectivity index (χ0n) is 9.42. The largest absolute Gasteiger partial charge is 0.384 e. The third-order valence-electron chi connectivity index (χ3n) is 2.98. The molecule has 0 aromatic carbocycles. The SMILES string of the molecule is CCOCCC1CNCCC1COC. The molecule has 84 valence electrons. The molecule has 0 spiro atoms. The highest BCUT2D eigenvalue weighted by molar-refractivity contribution is 4.77. The van der Waals surface area contributed by atoms with Gasteiger partial charge in [0.05, 0.1) is 0 Å². The summed E-state index contributed by atoms with van der Waals surface area (Å²) < 4.78 is 10.6. The minimum Gasteiger partial charge on any atom is -0.384 e. The van der Waals surface area contributed by atoms with Crippen LogP contribution in [0.5, 0.6) is 0 Å². The standard InChI is InChI=1S/C11H23NO2/c1-3-14-7-5-10-8-12-6-4-11(10)9-13-2/h10-12H,3-9H2,1-2H3. The number of rotatable bonds is 6. The van der Waals surface area contributed by atoms with Crippen LogP contribution in [0.2, 0.25) is 0 Å². The Bertz CT molecular complexity index is 139. The fourth-order valence-corrected chi connectivity index (χ4v) is 2.13. The van der Waals surface area contributed by atoms with Gasteiger partial charge in [-0.15, -0.1) is 0 Å². The van der Waals surface area contributed by atoms with Gasteiger partial charge in [-0.25, -0.2) is 0 Å². The summed E-state index contributed by atoms with van der Waals surface area (Å²) in [6.45, 7) is 6.93.